The van der Waals surface area contributed by atoms with Crippen LogP contribution in [0.2, 0.25) is 0 Å². The largest absolute Gasteiger partial charge is 0.497 e. The van der Waals surface area contributed by atoms with Gasteiger partial charge >= 0.3 is 0 Å². The summed E-state index contributed by atoms with van der Waals surface area (Å²) in [6, 6.07) is 7.91. The molecule has 1 aromatic carbocycles. The van der Waals surface area contributed by atoms with Gasteiger partial charge in [-0.05, 0) is 55.0 Å². The van der Waals surface area contributed by atoms with E-state index in [1.165, 1.54) is 28.7 Å². The maximum atomic E-state index is 5.21. The van der Waals surface area contributed by atoms with Gasteiger partial charge in [0.2, 0.25) is 0 Å². The molecule has 0 radical (unpaired) electrons. The number of hydrogen-bond donors (Lipinski definition) is 1. The summed E-state index contributed by atoms with van der Waals surface area (Å²) in [6.07, 6.45) is 5.19. The van der Waals surface area contributed by atoms with Crippen LogP contribution in [0.25, 0.3) is 10.2 Å². The van der Waals surface area contributed by atoms with E-state index in [4.69, 9.17) is 4.74 Å². The van der Waals surface area contributed by atoms with Crippen LogP contribution in [0, 0.1) is 5.92 Å². The van der Waals surface area contributed by atoms with Crippen LogP contribution in [-0.4, -0.2) is 17.1 Å². The van der Waals surface area contributed by atoms with Gasteiger partial charge in [0.1, 0.15) is 22.7 Å². The van der Waals surface area contributed by atoms with E-state index in [2.05, 4.69) is 22.2 Å². The van der Waals surface area contributed by atoms with Gasteiger partial charge < -0.3 is 10.1 Å². The quantitative estimate of drug-likeness (QED) is 0.766. The summed E-state index contributed by atoms with van der Waals surface area (Å²) in [4.78, 5) is 11.6. The number of aryl methyl sites for hydroxylation is 1. The lowest BCUT2D eigenvalue weighted by Gasteiger charge is -2.18. The van der Waals surface area contributed by atoms with Crippen LogP contribution in [0.1, 0.15) is 23.8 Å². The van der Waals surface area contributed by atoms with Crippen molar-refractivity contribution in [1.29, 1.82) is 0 Å². The predicted molar refractivity (Wildman–Crippen MR) is 94.9 cm³/mol. The number of fused-ring (bicyclic) bond motifs is 3. The van der Waals surface area contributed by atoms with Crippen molar-refractivity contribution in [1.82, 2.24) is 9.97 Å². The molecule has 0 aliphatic heterocycles. The number of thiophene rings is 1. The molecule has 0 bridgehead atoms. The third-order valence-electron chi connectivity index (χ3n) is 4.44. The molecular formula is C18H19N3OS. The van der Waals surface area contributed by atoms with Crippen LogP contribution < -0.4 is 10.1 Å². The molecule has 0 saturated carbocycles. The number of nitrogens with zero attached hydrogens (tertiary/aromatic N) is 2. The number of nitrogens with one attached hydrogen (secondary N) is 1. The second-order valence-corrected chi connectivity index (χ2v) is 7.19. The smallest absolute Gasteiger partial charge is 0.142 e. The molecule has 4 rings (SSSR count). The van der Waals surface area contributed by atoms with Crippen LogP contribution in [-0.2, 0) is 12.8 Å². The van der Waals surface area contributed by atoms with Crippen molar-refractivity contribution in [2.45, 2.75) is 26.2 Å². The molecule has 3 aromatic rings. The lowest BCUT2D eigenvalue weighted by molar-refractivity contribution is 0.415. The Morgan fingerprint density at radius 3 is 2.83 bits per heavy atom. The first-order valence-electron chi connectivity index (χ1n) is 7.91. The lowest BCUT2D eigenvalue weighted by atomic mass is 9.89. The first-order chi connectivity index (χ1) is 11.2. The molecule has 0 spiro atoms. The summed E-state index contributed by atoms with van der Waals surface area (Å²) >= 11 is 1.82. The minimum Gasteiger partial charge on any atom is -0.497 e. The first-order valence-corrected chi connectivity index (χ1v) is 8.72. The molecule has 2 aromatic heterocycles. The Balaban J connectivity index is 1.74. The van der Waals surface area contributed by atoms with Crippen LogP contribution in [0.3, 0.4) is 0 Å². The Hall–Kier alpha value is -2.14. The fraction of sp³-hybridized carbons (Fsp3) is 0.333. The predicted octanol–water partition coefficient (Wildman–Crippen LogP) is 4.57. The molecule has 0 saturated heterocycles. The molecule has 0 amide bonds. The Morgan fingerprint density at radius 2 is 2.04 bits per heavy atom. The number of methoxy groups -OCH3 is 1. The van der Waals surface area contributed by atoms with E-state index >= 15 is 0 Å². The highest BCUT2D eigenvalue weighted by molar-refractivity contribution is 7.19. The summed E-state index contributed by atoms with van der Waals surface area (Å²) in [5.41, 5.74) is 2.45. The monoisotopic (exact) mass is 325 g/mol. The van der Waals surface area contributed by atoms with Gasteiger partial charge in [-0.15, -0.1) is 11.3 Å². The zero-order valence-electron chi connectivity index (χ0n) is 13.3. The molecule has 1 N–H and O–H groups in total. The number of aromatic nitrogens is 2. The molecular weight excluding hydrogens is 306 g/mol. The van der Waals surface area contributed by atoms with Gasteiger partial charge in [0, 0.05) is 10.6 Å². The third kappa shape index (κ3) is 2.65. The standard InChI is InChI=1S/C18H19N3OS/c1-11-3-8-14-15(9-11)23-18-16(14)17(19-10-20-18)21-12-4-6-13(22-2)7-5-12/h4-7,10-11H,3,8-9H2,1-2H3,(H,19,20,21)/t11-/m1/s1. The minimum absolute atomic E-state index is 0.765. The average Bonchev–Trinajstić information content (AvgIpc) is 2.94. The molecule has 0 fully saturated rings. The van der Waals surface area contributed by atoms with Gasteiger partial charge in [0.05, 0.1) is 12.5 Å². The fourth-order valence-electron chi connectivity index (χ4n) is 3.18. The highest BCUT2D eigenvalue weighted by atomic mass is 32.1. The van der Waals surface area contributed by atoms with Gasteiger partial charge in [0.15, 0.2) is 0 Å². The van der Waals surface area contributed by atoms with Crippen LogP contribution in [0.15, 0.2) is 30.6 Å². The van der Waals surface area contributed by atoms with Crippen LogP contribution in [0.5, 0.6) is 5.75 Å². The Morgan fingerprint density at radius 1 is 1.22 bits per heavy atom. The van der Waals surface area contributed by atoms with Gasteiger partial charge in [-0.25, -0.2) is 9.97 Å². The zero-order chi connectivity index (χ0) is 15.8. The topological polar surface area (TPSA) is 47.0 Å². The number of anilines is 2. The highest BCUT2D eigenvalue weighted by Crippen LogP contribution is 2.40. The van der Waals surface area contributed by atoms with Gasteiger partial charge in [0.25, 0.3) is 0 Å². The summed E-state index contributed by atoms with van der Waals surface area (Å²) < 4.78 is 5.21. The molecule has 4 nitrogen and oxygen atoms in total. The Labute approximate surface area is 139 Å². The Bertz CT molecular complexity index is 841. The molecule has 1 aliphatic carbocycles. The molecule has 1 aliphatic rings. The van der Waals surface area contributed by atoms with Crippen molar-refractivity contribution in [3.8, 4) is 5.75 Å². The van der Waals surface area contributed by atoms with Crippen molar-refractivity contribution in [2.24, 2.45) is 5.92 Å². The maximum absolute atomic E-state index is 5.21. The van der Waals surface area contributed by atoms with Crippen molar-refractivity contribution >= 4 is 33.1 Å². The lowest BCUT2D eigenvalue weighted by Crippen LogP contribution is -2.09. The van der Waals surface area contributed by atoms with Crippen LogP contribution >= 0.6 is 11.3 Å². The first kappa shape index (κ1) is 14.5. The minimum atomic E-state index is 0.765. The summed E-state index contributed by atoms with van der Waals surface area (Å²) in [6.45, 7) is 2.33. The average molecular weight is 325 g/mol. The van der Waals surface area contributed by atoms with Crippen molar-refractivity contribution in [3.63, 3.8) is 0 Å². The van der Waals surface area contributed by atoms with Crippen molar-refractivity contribution < 1.29 is 4.74 Å². The molecule has 118 valence electrons. The third-order valence-corrected chi connectivity index (χ3v) is 5.61. The molecule has 2 heterocycles. The summed E-state index contributed by atoms with van der Waals surface area (Å²) in [5.74, 6) is 2.53. The van der Waals surface area contributed by atoms with E-state index in [0.717, 1.165) is 34.4 Å². The number of hydrogen-bond acceptors (Lipinski definition) is 5. The Kier molecular flexibility index (Phi) is 3.65. The molecule has 5 heteroatoms. The normalized spacial score (nSPS) is 17.0. The van der Waals surface area contributed by atoms with Gasteiger partial charge in [-0.2, -0.15) is 0 Å². The summed E-state index contributed by atoms with van der Waals surface area (Å²) in [7, 11) is 1.68. The van der Waals surface area contributed by atoms with E-state index in [1.807, 2.05) is 35.6 Å². The highest BCUT2D eigenvalue weighted by Gasteiger charge is 2.23. The zero-order valence-corrected chi connectivity index (χ0v) is 14.1. The SMILES string of the molecule is COc1ccc(Nc2ncnc3sc4c(c23)CC[C@@H](C)C4)cc1. The van der Waals surface area contributed by atoms with E-state index in [-0.39, 0.29) is 0 Å². The van der Waals surface area contributed by atoms with Gasteiger partial charge in [-0.1, -0.05) is 6.92 Å². The van der Waals surface area contributed by atoms with Crippen molar-refractivity contribution in [3.05, 3.63) is 41.0 Å². The van der Waals surface area contributed by atoms with Gasteiger partial charge in [-0.3, -0.25) is 0 Å². The number of rotatable bonds is 3. The number of ether oxygens (including phenoxy) is 1. The fourth-order valence-corrected chi connectivity index (χ4v) is 4.53. The second-order valence-electron chi connectivity index (χ2n) is 6.11. The molecule has 1 atom stereocenters. The molecule has 0 unspecified atom stereocenters. The van der Waals surface area contributed by atoms with Crippen molar-refractivity contribution in [2.75, 3.05) is 12.4 Å². The van der Waals surface area contributed by atoms with E-state index in [9.17, 15) is 0 Å². The maximum Gasteiger partial charge on any atom is 0.142 e. The van der Waals surface area contributed by atoms with E-state index in [1.54, 1.807) is 13.4 Å². The molecule has 23 heavy (non-hydrogen) atoms. The van der Waals surface area contributed by atoms with E-state index < -0.39 is 0 Å². The number of benzene rings is 1. The summed E-state index contributed by atoms with van der Waals surface area (Å²) in [5, 5.41) is 4.65. The second kappa shape index (κ2) is 5.81. The van der Waals surface area contributed by atoms with E-state index in [0.29, 0.717) is 0 Å². The van der Waals surface area contributed by atoms with Crippen LogP contribution in [0.4, 0.5) is 11.5 Å².